The highest BCUT2D eigenvalue weighted by Crippen LogP contribution is 2.29. The van der Waals surface area contributed by atoms with E-state index in [1.165, 1.54) is 28.5 Å². The van der Waals surface area contributed by atoms with E-state index >= 15 is 0 Å². The van der Waals surface area contributed by atoms with Crippen molar-refractivity contribution in [3.8, 4) is 0 Å². The third-order valence-corrected chi connectivity index (χ3v) is 6.76. The summed E-state index contributed by atoms with van der Waals surface area (Å²) in [6, 6.07) is 3.36. The summed E-state index contributed by atoms with van der Waals surface area (Å²) >= 11 is 4.49. The molecule has 0 aliphatic heterocycles. The number of nitrogens with zero attached hydrogens (tertiary/aromatic N) is 1. The second kappa shape index (κ2) is 6.00. The highest BCUT2D eigenvalue weighted by atomic mass is 79.9. The van der Waals surface area contributed by atoms with Crippen LogP contribution in [-0.4, -0.2) is 39.5 Å². The number of likely N-dealkylation sites (N-methyl/N-ethyl adjacent to an activating group) is 1. The second-order valence-corrected chi connectivity index (χ2v) is 9.14. The summed E-state index contributed by atoms with van der Waals surface area (Å²) in [5.41, 5.74) is 0. The Kier molecular flexibility index (Phi) is 4.82. The normalized spacial score (nSPS) is 16.4. The molecule has 0 unspecified atom stereocenters. The summed E-state index contributed by atoms with van der Waals surface area (Å²) in [5, 5.41) is 0. The third kappa shape index (κ3) is 3.77. The fourth-order valence-corrected chi connectivity index (χ4v) is 4.81. The number of hydrogen-bond donors (Lipinski definition) is 0. The van der Waals surface area contributed by atoms with Crippen molar-refractivity contribution >= 4 is 37.3 Å². The Hall–Kier alpha value is 0.0500. The molecule has 0 saturated heterocycles. The zero-order valence-corrected chi connectivity index (χ0v) is 13.4. The highest BCUT2D eigenvalue weighted by molar-refractivity contribution is 9.11. The lowest BCUT2D eigenvalue weighted by Crippen LogP contribution is -2.29. The monoisotopic (exact) mass is 353 g/mol. The summed E-state index contributed by atoms with van der Waals surface area (Å²) < 4.78 is 32.3. The van der Waals surface area contributed by atoms with Crippen LogP contribution >= 0.6 is 27.3 Å². The van der Waals surface area contributed by atoms with E-state index in [1.807, 2.05) is 0 Å². The Morgan fingerprint density at radius 2 is 2.22 bits per heavy atom. The van der Waals surface area contributed by atoms with E-state index in [4.69, 9.17) is 4.74 Å². The third-order valence-electron chi connectivity index (χ3n) is 2.81. The van der Waals surface area contributed by atoms with Gasteiger partial charge >= 0.3 is 0 Å². The van der Waals surface area contributed by atoms with Crippen LogP contribution in [0.5, 0.6) is 0 Å². The van der Waals surface area contributed by atoms with Crippen molar-refractivity contribution in [2.45, 2.75) is 17.1 Å². The van der Waals surface area contributed by atoms with Crippen LogP contribution in [0.15, 0.2) is 20.1 Å². The molecular weight excluding hydrogens is 338 g/mol. The fraction of sp³-hybridized carbons (Fsp3) is 0.636. The van der Waals surface area contributed by atoms with Gasteiger partial charge < -0.3 is 4.74 Å². The van der Waals surface area contributed by atoms with Gasteiger partial charge in [-0.25, -0.2) is 8.42 Å². The first-order valence-electron chi connectivity index (χ1n) is 5.79. The topological polar surface area (TPSA) is 46.6 Å². The molecule has 1 aromatic rings. The van der Waals surface area contributed by atoms with Gasteiger partial charge in [-0.3, -0.25) is 0 Å². The molecule has 7 heteroatoms. The van der Waals surface area contributed by atoms with Gasteiger partial charge in [0.2, 0.25) is 0 Å². The van der Waals surface area contributed by atoms with Crippen LogP contribution in [0.4, 0.5) is 0 Å². The molecule has 1 fully saturated rings. The molecule has 0 N–H and O–H groups in total. The van der Waals surface area contributed by atoms with Crippen LogP contribution in [0, 0.1) is 5.92 Å². The quantitative estimate of drug-likeness (QED) is 0.707. The molecule has 4 nitrogen and oxygen atoms in total. The number of hydrogen-bond acceptors (Lipinski definition) is 4. The van der Waals surface area contributed by atoms with Gasteiger partial charge in [0.25, 0.3) is 10.0 Å². The molecule has 0 bridgehead atoms. The lowest BCUT2D eigenvalue weighted by molar-refractivity contribution is 0.117. The minimum Gasteiger partial charge on any atom is -0.380 e. The van der Waals surface area contributed by atoms with Crippen LogP contribution < -0.4 is 0 Å². The Balaban J connectivity index is 1.84. The average Bonchev–Trinajstić information content (AvgIpc) is 3.04. The smallest absolute Gasteiger partial charge is 0.252 e. The number of sulfonamides is 1. The summed E-state index contributed by atoms with van der Waals surface area (Å²) in [5.74, 6) is 0.708. The Morgan fingerprint density at radius 3 is 2.78 bits per heavy atom. The van der Waals surface area contributed by atoms with Crippen LogP contribution in [0.1, 0.15) is 12.8 Å². The van der Waals surface area contributed by atoms with Crippen molar-refractivity contribution in [2.75, 3.05) is 26.8 Å². The molecule has 2 rings (SSSR count). The maximum Gasteiger partial charge on any atom is 0.252 e. The van der Waals surface area contributed by atoms with Crippen LogP contribution in [-0.2, 0) is 14.8 Å². The predicted molar refractivity (Wildman–Crippen MR) is 75.4 cm³/mol. The van der Waals surface area contributed by atoms with Gasteiger partial charge in [-0.05, 0) is 46.8 Å². The minimum absolute atomic E-state index is 0.360. The predicted octanol–water partition coefficient (Wildman–Crippen LogP) is 2.56. The summed E-state index contributed by atoms with van der Waals surface area (Å²) in [7, 11) is -1.77. The van der Waals surface area contributed by atoms with Crippen molar-refractivity contribution in [3.05, 3.63) is 15.9 Å². The van der Waals surface area contributed by atoms with Gasteiger partial charge in [-0.15, -0.1) is 11.3 Å². The van der Waals surface area contributed by atoms with Crippen molar-refractivity contribution in [1.29, 1.82) is 0 Å². The van der Waals surface area contributed by atoms with Crippen molar-refractivity contribution < 1.29 is 13.2 Å². The zero-order valence-electron chi connectivity index (χ0n) is 10.1. The second-order valence-electron chi connectivity index (χ2n) is 4.40. The van der Waals surface area contributed by atoms with E-state index in [-0.39, 0.29) is 0 Å². The summed E-state index contributed by atoms with van der Waals surface area (Å²) in [4.78, 5) is 0. The van der Waals surface area contributed by atoms with Gasteiger partial charge in [-0.1, -0.05) is 0 Å². The highest BCUT2D eigenvalue weighted by Gasteiger charge is 2.23. The van der Waals surface area contributed by atoms with Gasteiger partial charge in [-0.2, -0.15) is 4.31 Å². The largest absolute Gasteiger partial charge is 0.380 e. The molecule has 0 amide bonds. The maximum absolute atomic E-state index is 12.1. The Bertz CT molecular complexity index is 496. The number of thiophene rings is 1. The van der Waals surface area contributed by atoms with Crippen molar-refractivity contribution in [2.24, 2.45) is 5.92 Å². The number of ether oxygens (including phenoxy) is 1. The van der Waals surface area contributed by atoms with Crippen LogP contribution in [0.2, 0.25) is 0 Å². The molecule has 1 aliphatic carbocycles. The fourth-order valence-electron chi connectivity index (χ4n) is 1.44. The van der Waals surface area contributed by atoms with Crippen LogP contribution in [0.3, 0.4) is 0 Å². The number of halogens is 1. The number of rotatable bonds is 7. The molecule has 0 radical (unpaired) electrons. The minimum atomic E-state index is -3.36. The first-order chi connectivity index (χ1) is 8.50. The SMILES string of the molecule is CN(CCOCC1CC1)S(=O)(=O)c1ccc(Br)s1. The lowest BCUT2D eigenvalue weighted by Gasteiger charge is -2.15. The average molecular weight is 354 g/mol. The first kappa shape index (κ1) is 14.5. The van der Waals surface area contributed by atoms with Gasteiger partial charge in [0.15, 0.2) is 0 Å². The Labute approximate surface area is 120 Å². The van der Waals surface area contributed by atoms with Crippen molar-refractivity contribution in [3.63, 3.8) is 0 Å². The molecule has 1 saturated carbocycles. The molecular formula is C11H16BrNO3S2. The van der Waals surface area contributed by atoms with E-state index in [1.54, 1.807) is 19.2 Å². The molecule has 1 heterocycles. The molecule has 102 valence electrons. The molecule has 1 aromatic heterocycles. The van der Waals surface area contributed by atoms with E-state index in [0.717, 1.165) is 10.4 Å². The Morgan fingerprint density at radius 1 is 1.50 bits per heavy atom. The zero-order chi connectivity index (χ0) is 13.2. The molecule has 18 heavy (non-hydrogen) atoms. The van der Waals surface area contributed by atoms with E-state index < -0.39 is 10.0 Å². The van der Waals surface area contributed by atoms with E-state index in [0.29, 0.717) is 23.3 Å². The van der Waals surface area contributed by atoms with Crippen LogP contribution in [0.25, 0.3) is 0 Å². The molecule has 0 spiro atoms. The standard InChI is InChI=1S/C11H16BrNO3S2/c1-13(6-7-16-8-9-2-3-9)18(14,15)11-5-4-10(12)17-11/h4-5,9H,2-3,6-8H2,1H3. The van der Waals surface area contributed by atoms with E-state index in [2.05, 4.69) is 15.9 Å². The molecule has 0 aromatic carbocycles. The summed E-state index contributed by atoms with van der Waals surface area (Å²) in [6.07, 6.45) is 2.49. The van der Waals surface area contributed by atoms with Gasteiger partial charge in [0, 0.05) is 20.2 Å². The molecule has 0 atom stereocenters. The van der Waals surface area contributed by atoms with Gasteiger partial charge in [0.05, 0.1) is 10.4 Å². The van der Waals surface area contributed by atoms with E-state index in [9.17, 15) is 8.42 Å². The van der Waals surface area contributed by atoms with Crippen molar-refractivity contribution in [1.82, 2.24) is 4.31 Å². The first-order valence-corrected chi connectivity index (χ1v) is 8.84. The molecule has 1 aliphatic rings. The summed E-state index contributed by atoms with van der Waals surface area (Å²) in [6.45, 7) is 1.61. The van der Waals surface area contributed by atoms with Gasteiger partial charge in [0.1, 0.15) is 4.21 Å². The maximum atomic E-state index is 12.1. The lowest BCUT2D eigenvalue weighted by atomic mass is 10.5.